The van der Waals surface area contributed by atoms with E-state index in [9.17, 15) is 13.2 Å². The van der Waals surface area contributed by atoms with Gasteiger partial charge in [-0.2, -0.15) is 10.1 Å². The van der Waals surface area contributed by atoms with Gasteiger partial charge in [-0.3, -0.25) is 9.52 Å². The Hall–Kier alpha value is -1.64. The molecule has 0 radical (unpaired) electrons. The number of rotatable bonds is 4. The first-order chi connectivity index (χ1) is 8.54. The number of nitrogens with one attached hydrogen (secondary N) is 2. The molecule has 100 valence electrons. The summed E-state index contributed by atoms with van der Waals surface area (Å²) >= 11 is 0. The molecule has 0 aliphatic heterocycles. The summed E-state index contributed by atoms with van der Waals surface area (Å²) in [4.78, 5) is 15.2. The Morgan fingerprint density at radius 2 is 2.33 bits per heavy atom. The van der Waals surface area contributed by atoms with Crippen LogP contribution in [0.4, 0.5) is 5.95 Å². The molecule has 0 bridgehead atoms. The first-order valence-electron chi connectivity index (χ1n) is 5.49. The molecule has 0 amide bonds. The fourth-order valence-corrected chi connectivity index (χ4v) is 3.86. The molecule has 1 aromatic rings. The van der Waals surface area contributed by atoms with E-state index in [1.54, 1.807) is 0 Å². The number of aromatic amines is 1. The van der Waals surface area contributed by atoms with E-state index in [2.05, 4.69) is 24.6 Å². The summed E-state index contributed by atoms with van der Waals surface area (Å²) in [6.45, 7) is 0. The molecule has 1 fully saturated rings. The van der Waals surface area contributed by atoms with E-state index in [1.165, 1.54) is 13.4 Å². The predicted octanol–water partition coefficient (Wildman–Crippen LogP) is -0.112. The van der Waals surface area contributed by atoms with Gasteiger partial charge < -0.3 is 4.74 Å². The summed E-state index contributed by atoms with van der Waals surface area (Å²) in [6, 6.07) is 0. The Morgan fingerprint density at radius 1 is 1.56 bits per heavy atom. The molecular weight excluding hydrogens is 260 g/mol. The zero-order valence-electron chi connectivity index (χ0n) is 9.79. The summed E-state index contributed by atoms with van der Waals surface area (Å²) < 4.78 is 31.2. The van der Waals surface area contributed by atoms with Crippen LogP contribution in [0.15, 0.2) is 6.33 Å². The van der Waals surface area contributed by atoms with Crippen molar-refractivity contribution in [1.29, 1.82) is 0 Å². The maximum Gasteiger partial charge on any atom is 0.310 e. The molecule has 2 N–H and O–H groups in total. The quantitative estimate of drug-likeness (QED) is 0.740. The third kappa shape index (κ3) is 2.45. The second-order valence-electron chi connectivity index (χ2n) is 4.08. The van der Waals surface area contributed by atoms with Crippen LogP contribution < -0.4 is 4.72 Å². The van der Waals surface area contributed by atoms with Crippen LogP contribution in [0.5, 0.6) is 0 Å². The number of aromatic nitrogens is 3. The van der Waals surface area contributed by atoms with Crippen LogP contribution in [-0.2, 0) is 19.6 Å². The van der Waals surface area contributed by atoms with Crippen molar-refractivity contribution >= 4 is 21.9 Å². The minimum atomic E-state index is -3.67. The molecule has 1 saturated carbocycles. The molecule has 0 spiro atoms. The number of methoxy groups -OCH3 is 1. The topological polar surface area (TPSA) is 114 Å². The smallest absolute Gasteiger partial charge is 0.310 e. The molecule has 0 saturated heterocycles. The molecule has 1 aliphatic carbocycles. The van der Waals surface area contributed by atoms with E-state index in [-0.39, 0.29) is 5.95 Å². The number of carbonyl (C=O) groups excluding carboxylic acids is 1. The van der Waals surface area contributed by atoms with Gasteiger partial charge in [0.1, 0.15) is 6.33 Å². The molecule has 2 rings (SSSR count). The number of carbonyl (C=O) groups is 1. The number of hydrogen-bond acceptors (Lipinski definition) is 6. The highest BCUT2D eigenvalue weighted by atomic mass is 32.2. The van der Waals surface area contributed by atoms with Crippen LogP contribution in [0.25, 0.3) is 0 Å². The van der Waals surface area contributed by atoms with Crippen molar-refractivity contribution in [3.63, 3.8) is 0 Å². The standard InChI is InChI=1S/C9H14N4O4S/c1-17-8(14)6-3-2-4-7(6)18(15,16)13-9-10-5-11-12-9/h5-7H,2-4H2,1H3,(H2,10,11,12,13). The van der Waals surface area contributed by atoms with Gasteiger partial charge in [0.15, 0.2) is 0 Å². The Bertz CT molecular complexity index is 513. The summed E-state index contributed by atoms with van der Waals surface area (Å²) in [5.74, 6) is -1.05. The second kappa shape index (κ2) is 4.92. The first-order valence-corrected chi connectivity index (χ1v) is 7.04. The van der Waals surface area contributed by atoms with Crippen LogP contribution >= 0.6 is 0 Å². The van der Waals surface area contributed by atoms with Gasteiger partial charge in [0, 0.05) is 0 Å². The molecule has 1 aromatic heterocycles. The Morgan fingerprint density at radius 3 is 2.94 bits per heavy atom. The highest BCUT2D eigenvalue weighted by Crippen LogP contribution is 2.32. The monoisotopic (exact) mass is 274 g/mol. The zero-order valence-corrected chi connectivity index (χ0v) is 10.6. The van der Waals surface area contributed by atoms with Gasteiger partial charge in [-0.15, -0.1) is 0 Å². The third-order valence-corrected chi connectivity index (χ3v) is 4.85. The maximum absolute atomic E-state index is 12.1. The molecule has 0 aromatic carbocycles. The van der Waals surface area contributed by atoms with Crippen LogP contribution in [-0.4, -0.2) is 41.9 Å². The number of nitrogens with zero attached hydrogens (tertiary/aromatic N) is 2. The van der Waals surface area contributed by atoms with Crippen molar-refractivity contribution in [3.05, 3.63) is 6.33 Å². The molecule has 18 heavy (non-hydrogen) atoms. The Balaban J connectivity index is 2.16. The highest BCUT2D eigenvalue weighted by molar-refractivity contribution is 7.93. The van der Waals surface area contributed by atoms with Gasteiger partial charge in [-0.25, -0.2) is 13.5 Å². The van der Waals surface area contributed by atoms with Crippen molar-refractivity contribution in [3.8, 4) is 0 Å². The largest absolute Gasteiger partial charge is 0.469 e. The summed E-state index contributed by atoms with van der Waals surface area (Å²) in [5.41, 5.74) is 0. The Labute approximate surface area is 104 Å². The molecule has 2 atom stereocenters. The first kappa shape index (κ1) is 12.8. The maximum atomic E-state index is 12.1. The van der Waals surface area contributed by atoms with Gasteiger partial charge in [0.25, 0.3) is 0 Å². The lowest BCUT2D eigenvalue weighted by Gasteiger charge is -2.17. The van der Waals surface area contributed by atoms with Gasteiger partial charge in [-0.05, 0) is 12.8 Å². The number of H-pyrrole nitrogens is 1. The van der Waals surface area contributed by atoms with Crippen molar-refractivity contribution < 1.29 is 17.9 Å². The van der Waals surface area contributed by atoms with E-state index in [1.807, 2.05) is 0 Å². The molecule has 2 unspecified atom stereocenters. The average molecular weight is 274 g/mol. The zero-order chi connectivity index (χ0) is 13.2. The molecule has 8 nitrogen and oxygen atoms in total. The van der Waals surface area contributed by atoms with Crippen molar-refractivity contribution in [1.82, 2.24) is 15.2 Å². The number of esters is 1. The lowest BCUT2D eigenvalue weighted by Crippen LogP contribution is -2.35. The predicted molar refractivity (Wildman–Crippen MR) is 62.1 cm³/mol. The second-order valence-corrected chi connectivity index (χ2v) is 5.98. The summed E-state index contributed by atoms with van der Waals surface area (Å²) in [6.07, 6.45) is 2.84. The minimum Gasteiger partial charge on any atom is -0.469 e. The van der Waals surface area contributed by atoms with E-state index in [0.29, 0.717) is 19.3 Å². The normalized spacial score (nSPS) is 23.8. The lowest BCUT2D eigenvalue weighted by molar-refractivity contribution is -0.145. The summed E-state index contributed by atoms with van der Waals surface area (Å²) in [5, 5.41) is 5.17. The van der Waals surface area contributed by atoms with Crippen molar-refractivity contribution in [2.45, 2.75) is 24.5 Å². The fraction of sp³-hybridized carbons (Fsp3) is 0.667. The van der Waals surface area contributed by atoms with Gasteiger partial charge in [0.05, 0.1) is 18.3 Å². The molecular formula is C9H14N4O4S. The average Bonchev–Trinajstić information content (AvgIpc) is 2.97. The SMILES string of the molecule is COC(=O)C1CCCC1S(=O)(=O)Nc1ncn[nH]1. The van der Waals surface area contributed by atoms with E-state index in [0.717, 1.165) is 0 Å². The van der Waals surface area contributed by atoms with E-state index >= 15 is 0 Å². The van der Waals surface area contributed by atoms with E-state index in [4.69, 9.17) is 0 Å². The molecule has 1 heterocycles. The molecule has 1 aliphatic rings. The summed E-state index contributed by atoms with van der Waals surface area (Å²) in [7, 11) is -2.41. The van der Waals surface area contributed by atoms with Crippen LogP contribution in [0.2, 0.25) is 0 Å². The molecule has 9 heteroatoms. The van der Waals surface area contributed by atoms with Gasteiger partial charge in [0.2, 0.25) is 16.0 Å². The minimum absolute atomic E-state index is 0.0468. The van der Waals surface area contributed by atoms with Gasteiger partial charge >= 0.3 is 5.97 Å². The lowest BCUT2D eigenvalue weighted by atomic mass is 10.1. The Kier molecular flexibility index (Phi) is 3.50. The van der Waals surface area contributed by atoms with E-state index < -0.39 is 27.2 Å². The third-order valence-electron chi connectivity index (χ3n) is 3.01. The number of anilines is 1. The van der Waals surface area contributed by atoms with Gasteiger partial charge in [-0.1, -0.05) is 6.42 Å². The van der Waals surface area contributed by atoms with Crippen LogP contribution in [0.1, 0.15) is 19.3 Å². The van der Waals surface area contributed by atoms with Crippen LogP contribution in [0.3, 0.4) is 0 Å². The number of ether oxygens (including phenoxy) is 1. The number of sulfonamides is 1. The van der Waals surface area contributed by atoms with Crippen molar-refractivity contribution in [2.24, 2.45) is 5.92 Å². The highest BCUT2D eigenvalue weighted by Gasteiger charge is 2.42. The fourth-order valence-electron chi connectivity index (χ4n) is 2.18. The van der Waals surface area contributed by atoms with Crippen LogP contribution in [0, 0.1) is 5.92 Å². The number of hydrogen-bond donors (Lipinski definition) is 2. The van der Waals surface area contributed by atoms with Crippen molar-refractivity contribution in [2.75, 3.05) is 11.8 Å².